The number of carbonyl (C=O) groups is 1. The summed E-state index contributed by atoms with van der Waals surface area (Å²) in [7, 11) is 3.51. The molecule has 0 radical (unpaired) electrons. The predicted molar refractivity (Wildman–Crippen MR) is 128 cm³/mol. The third-order valence-electron chi connectivity index (χ3n) is 6.33. The summed E-state index contributed by atoms with van der Waals surface area (Å²) in [5.41, 5.74) is 3.46. The first-order valence-corrected chi connectivity index (χ1v) is 12.0. The summed E-state index contributed by atoms with van der Waals surface area (Å²) in [4.78, 5) is 12.9. The van der Waals surface area contributed by atoms with Crippen LogP contribution in [-0.4, -0.2) is 38.1 Å². The van der Waals surface area contributed by atoms with Crippen LogP contribution in [0.3, 0.4) is 0 Å². The quantitative estimate of drug-likeness (QED) is 0.512. The first kappa shape index (κ1) is 22.9. The predicted octanol–water partition coefficient (Wildman–Crippen LogP) is 4.63. The monoisotopic (exact) mass is 464 g/mol. The summed E-state index contributed by atoms with van der Waals surface area (Å²) >= 11 is 1.32. The molecule has 0 aliphatic heterocycles. The highest BCUT2D eigenvalue weighted by molar-refractivity contribution is 7.99. The highest BCUT2D eigenvalue weighted by Crippen LogP contribution is 2.37. The second-order valence-corrected chi connectivity index (χ2v) is 9.23. The second kappa shape index (κ2) is 9.71. The second-order valence-electron chi connectivity index (χ2n) is 8.28. The fraction of sp³-hybridized carbons (Fsp3) is 0.417. The summed E-state index contributed by atoms with van der Waals surface area (Å²) < 4.78 is 9.24. The minimum absolute atomic E-state index is 0.165. The smallest absolute Gasteiger partial charge is 0.235 e. The Hall–Kier alpha value is -3.25. The van der Waals surface area contributed by atoms with E-state index in [9.17, 15) is 10.1 Å². The van der Waals surface area contributed by atoms with Crippen molar-refractivity contribution in [3.63, 3.8) is 0 Å². The van der Waals surface area contributed by atoms with E-state index >= 15 is 0 Å². The number of anilines is 1. The van der Waals surface area contributed by atoms with Gasteiger partial charge in [-0.05, 0) is 56.5 Å². The van der Waals surface area contributed by atoms with Gasteiger partial charge in [0.25, 0.3) is 0 Å². The summed E-state index contributed by atoms with van der Waals surface area (Å²) in [5.74, 6) is 2.13. The molecule has 2 aromatic heterocycles. The molecule has 1 aliphatic rings. The van der Waals surface area contributed by atoms with Crippen LogP contribution in [0.25, 0.3) is 11.4 Å². The van der Waals surface area contributed by atoms with Crippen LogP contribution >= 0.6 is 11.8 Å². The van der Waals surface area contributed by atoms with Crippen molar-refractivity contribution in [2.45, 2.75) is 50.7 Å². The number of aromatic nitrogens is 4. The highest BCUT2D eigenvalue weighted by Gasteiger charge is 2.26. The molecule has 3 aromatic rings. The van der Waals surface area contributed by atoms with E-state index in [2.05, 4.69) is 26.2 Å². The van der Waals surface area contributed by atoms with Crippen molar-refractivity contribution in [1.29, 1.82) is 5.26 Å². The molecule has 8 nitrogen and oxygen atoms in total. The molecule has 172 valence electrons. The summed E-state index contributed by atoms with van der Waals surface area (Å²) in [5, 5.41) is 21.9. The lowest BCUT2D eigenvalue weighted by Gasteiger charge is -2.19. The largest absolute Gasteiger partial charge is 0.497 e. The molecular weight excluding hydrogens is 436 g/mol. The van der Waals surface area contributed by atoms with Crippen molar-refractivity contribution in [2.24, 2.45) is 7.05 Å². The Morgan fingerprint density at radius 3 is 2.58 bits per heavy atom. The van der Waals surface area contributed by atoms with Gasteiger partial charge in [0.1, 0.15) is 17.6 Å². The SMILES string of the molecule is COc1ccc(-c2nnc(SCC(=O)Nc3c(C#N)c(C)c(C)n3C3CCCC3)n2C)cc1. The van der Waals surface area contributed by atoms with E-state index in [1.807, 2.05) is 49.7 Å². The van der Waals surface area contributed by atoms with Crippen LogP contribution in [0.2, 0.25) is 0 Å². The van der Waals surface area contributed by atoms with Crippen LogP contribution in [-0.2, 0) is 11.8 Å². The molecule has 33 heavy (non-hydrogen) atoms. The number of hydrogen-bond acceptors (Lipinski definition) is 6. The topological polar surface area (TPSA) is 97.8 Å². The Bertz CT molecular complexity index is 1200. The van der Waals surface area contributed by atoms with E-state index in [0.29, 0.717) is 28.4 Å². The number of carbonyl (C=O) groups excluding carboxylic acids is 1. The number of ether oxygens (including phenoxy) is 1. The number of rotatable bonds is 7. The molecule has 9 heteroatoms. The molecule has 0 atom stereocenters. The standard InChI is InChI=1S/C24H28N6O2S/c1-15-16(2)30(18-7-5-6-8-18)23(20(15)13-25)26-21(31)14-33-24-28-27-22(29(24)3)17-9-11-19(32-4)12-10-17/h9-12,18H,5-8,14H2,1-4H3,(H,26,31). The Labute approximate surface area is 198 Å². The minimum Gasteiger partial charge on any atom is -0.497 e. The third-order valence-corrected chi connectivity index (χ3v) is 7.35. The third kappa shape index (κ3) is 4.48. The highest BCUT2D eigenvalue weighted by atomic mass is 32.2. The van der Waals surface area contributed by atoms with Gasteiger partial charge < -0.3 is 19.2 Å². The van der Waals surface area contributed by atoms with Crippen LogP contribution < -0.4 is 10.1 Å². The van der Waals surface area contributed by atoms with Crippen molar-refractivity contribution in [2.75, 3.05) is 18.2 Å². The molecule has 1 fully saturated rings. The molecule has 1 N–H and O–H groups in total. The van der Waals surface area contributed by atoms with Crippen molar-refractivity contribution >= 4 is 23.5 Å². The Kier molecular flexibility index (Phi) is 6.75. The molecule has 1 aromatic carbocycles. The number of thioether (sulfide) groups is 1. The van der Waals surface area contributed by atoms with Gasteiger partial charge in [-0.25, -0.2) is 0 Å². The zero-order chi connectivity index (χ0) is 23.5. The number of nitrogens with one attached hydrogen (secondary N) is 1. The maximum atomic E-state index is 12.9. The van der Waals surface area contributed by atoms with Gasteiger partial charge >= 0.3 is 0 Å². The van der Waals surface area contributed by atoms with Gasteiger partial charge in [0.2, 0.25) is 5.91 Å². The van der Waals surface area contributed by atoms with Crippen LogP contribution in [0.4, 0.5) is 5.82 Å². The average molecular weight is 465 g/mol. The van der Waals surface area contributed by atoms with Crippen molar-refractivity contribution in [3.8, 4) is 23.2 Å². The van der Waals surface area contributed by atoms with E-state index in [0.717, 1.165) is 35.4 Å². The molecular formula is C24H28N6O2S. The lowest BCUT2D eigenvalue weighted by atomic mass is 10.2. The first-order valence-electron chi connectivity index (χ1n) is 11.0. The van der Waals surface area contributed by atoms with Gasteiger partial charge in [-0.1, -0.05) is 24.6 Å². The van der Waals surface area contributed by atoms with Crippen LogP contribution in [0.15, 0.2) is 29.4 Å². The number of benzene rings is 1. The molecule has 1 aliphatic carbocycles. The molecule has 1 saturated carbocycles. The molecule has 0 saturated heterocycles. The lowest BCUT2D eigenvalue weighted by Crippen LogP contribution is -2.20. The number of nitrogens with zero attached hydrogens (tertiary/aromatic N) is 5. The summed E-state index contributed by atoms with van der Waals surface area (Å²) in [6.07, 6.45) is 4.50. The van der Waals surface area contributed by atoms with Gasteiger partial charge in [0.05, 0.1) is 18.4 Å². The van der Waals surface area contributed by atoms with Crippen molar-refractivity contribution < 1.29 is 9.53 Å². The van der Waals surface area contributed by atoms with Gasteiger partial charge in [0, 0.05) is 24.3 Å². The van der Waals surface area contributed by atoms with Crippen molar-refractivity contribution in [1.82, 2.24) is 19.3 Å². The number of amides is 1. The Balaban J connectivity index is 1.48. The Morgan fingerprint density at radius 1 is 1.24 bits per heavy atom. The van der Waals surface area contributed by atoms with Crippen LogP contribution in [0, 0.1) is 25.2 Å². The molecule has 4 rings (SSSR count). The fourth-order valence-corrected chi connectivity index (χ4v) is 5.15. The fourth-order valence-electron chi connectivity index (χ4n) is 4.44. The van der Waals surface area contributed by atoms with Crippen LogP contribution in [0.1, 0.15) is 48.5 Å². The maximum absolute atomic E-state index is 12.9. The van der Waals surface area contributed by atoms with Gasteiger partial charge in [-0.2, -0.15) is 5.26 Å². The molecule has 1 amide bonds. The maximum Gasteiger partial charge on any atom is 0.235 e. The van der Waals surface area contributed by atoms with E-state index < -0.39 is 0 Å². The van der Waals surface area contributed by atoms with Crippen molar-refractivity contribution in [3.05, 3.63) is 41.1 Å². The van der Waals surface area contributed by atoms with E-state index in [1.165, 1.54) is 24.6 Å². The molecule has 0 spiro atoms. The number of methoxy groups -OCH3 is 1. The zero-order valence-electron chi connectivity index (χ0n) is 19.4. The molecule has 2 heterocycles. The first-order chi connectivity index (χ1) is 15.9. The van der Waals surface area contributed by atoms with E-state index in [1.54, 1.807) is 7.11 Å². The lowest BCUT2D eigenvalue weighted by molar-refractivity contribution is -0.113. The number of hydrogen-bond donors (Lipinski definition) is 1. The number of nitriles is 1. The molecule has 0 unspecified atom stereocenters. The van der Waals surface area contributed by atoms with E-state index in [-0.39, 0.29) is 11.7 Å². The van der Waals surface area contributed by atoms with Gasteiger partial charge in [0.15, 0.2) is 11.0 Å². The molecule has 0 bridgehead atoms. The summed E-state index contributed by atoms with van der Waals surface area (Å²) in [6, 6.07) is 10.2. The van der Waals surface area contributed by atoms with Gasteiger partial charge in [-0.15, -0.1) is 10.2 Å². The van der Waals surface area contributed by atoms with Gasteiger partial charge in [-0.3, -0.25) is 4.79 Å². The Morgan fingerprint density at radius 2 is 1.94 bits per heavy atom. The van der Waals surface area contributed by atoms with E-state index in [4.69, 9.17) is 4.74 Å². The average Bonchev–Trinajstić information content (AvgIpc) is 3.52. The summed E-state index contributed by atoms with van der Waals surface area (Å²) in [6.45, 7) is 3.98. The van der Waals surface area contributed by atoms with Crippen LogP contribution in [0.5, 0.6) is 5.75 Å². The normalized spacial score (nSPS) is 13.8. The minimum atomic E-state index is -0.165. The zero-order valence-corrected chi connectivity index (χ0v) is 20.2.